The highest BCUT2D eigenvalue weighted by atomic mass is 32.2. The van der Waals surface area contributed by atoms with Gasteiger partial charge < -0.3 is 10.2 Å². The Morgan fingerprint density at radius 2 is 2.00 bits per heavy atom. The molecule has 1 fully saturated rings. The zero-order valence-corrected chi connectivity index (χ0v) is 16.7. The van der Waals surface area contributed by atoms with Gasteiger partial charge in [-0.05, 0) is 32.3 Å². The van der Waals surface area contributed by atoms with E-state index in [0.29, 0.717) is 10.9 Å². The predicted molar refractivity (Wildman–Crippen MR) is 109 cm³/mol. The Balaban J connectivity index is 1.49. The number of carbonyl (C=O) groups excluding carboxylic acids is 2. The minimum absolute atomic E-state index is 0.120. The fraction of sp³-hybridized carbons (Fsp3) is 0.421. The van der Waals surface area contributed by atoms with Gasteiger partial charge in [0, 0.05) is 24.0 Å². The molecule has 0 unspecified atom stereocenters. The number of aryl methyl sites for hydroxylation is 2. The molecular weight excluding hydrogens is 366 g/mol. The van der Waals surface area contributed by atoms with Gasteiger partial charge >= 0.3 is 0 Å². The summed E-state index contributed by atoms with van der Waals surface area (Å²) in [5.74, 6) is 0.634. The summed E-state index contributed by atoms with van der Waals surface area (Å²) in [6, 6.07) is 6.25. The van der Waals surface area contributed by atoms with Gasteiger partial charge in [-0.2, -0.15) is 0 Å². The lowest BCUT2D eigenvalue weighted by Gasteiger charge is -2.14. The monoisotopic (exact) mass is 389 g/mol. The molecule has 0 atom stereocenters. The second kappa shape index (κ2) is 8.68. The van der Waals surface area contributed by atoms with Crippen molar-refractivity contribution in [2.45, 2.75) is 26.7 Å². The van der Waals surface area contributed by atoms with Crippen LogP contribution in [0.4, 0.5) is 5.13 Å². The molecule has 7 heteroatoms. The van der Waals surface area contributed by atoms with Crippen molar-refractivity contribution in [2.24, 2.45) is 0 Å². The number of amides is 2. The van der Waals surface area contributed by atoms with Gasteiger partial charge in [-0.25, -0.2) is 4.98 Å². The van der Waals surface area contributed by atoms with Crippen molar-refractivity contribution in [1.82, 2.24) is 9.88 Å². The van der Waals surface area contributed by atoms with Crippen LogP contribution in [0.2, 0.25) is 0 Å². The van der Waals surface area contributed by atoms with Crippen LogP contribution < -0.4 is 5.32 Å². The highest BCUT2D eigenvalue weighted by molar-refractivity contribution is 8.00. The molecule has 3 rings (SSSR count). The van der Waals surface area contributed by atoms with E-state index >= 15 is 0 Å². The number of carbonyl (C=O) groups is 2. The first-order valence-electron chi connectivity index (χ1n) is 8.71. The highest BCUT2D eigenvalue weighted by Gasteiger charge is 2.18. The number of aromatic nitrogens is 1. The summed E-state index contributed by atoms with van der Waals surface area (Å²) in [6.07, 6.45) is 2.17. The van der Waals surface area contributed by atoms with Crippen LogP contribution in [0.3, 0.4) is 0 Å². The van der Waals surface area contributed by atoms with Gasteiger partial charge in [0.2, 0.25) is 11.8 Å². The normalized spacial score (nSPS) is 13.8. The molecule has 1 N–H and O–H groups in total. The van der Waals surface area contributed by atoms with Crippen LogP contribution in [-0.2, 0) is 9.59 Å². The van der Waals surface area contributed by atoms with Crippen molar-refractivity contribution in [2.75, 3.05) is 29.9 Å². The minimum Gasteiger partial charge on any atom is -0.342 e. The number of hydrogen-bond donors (Lipinski definition) is 1. The van der Waals surface area contributed by atoms with Crippen LogP contribution in [0.15, 0.2) is 23.6 Å². The molecule has 1 saturated heterocycles. The van der Waals surface area contributed by atoms with Crippen LogP contribution in [0.1, 0.15) is 24.0 Å². The smallest absolute Gasteiger partial charge is 0.236 e. The number of likely N-dealkylation sites (tertiary alicyclic amines) is 1. The zero-order valence-electron chi connectivity index (χ0n) is 15.1. The number of rotatable bonds is 6. The molecule has 0 bridgehead atoms. The number of nitrogens with one attached hydrogen (secondary N) is 1. The Morgan fingerprint density at radius 1 is 1.23 bits per heavy atom. The quantitative estimate of drug-likeness (QED) is 0.818. The SMILES string of the molecule is Cc1ccc(-c2csc(NC(=O)CSCC(=O)N3CCCC3)n2)c(C)c1. The molecule has 1 aliphatic heterocycles. The number of nitrogens with zero attached hydrogens (tertiary/aromatic N) is 2. The molecule has 1 aliphatic rings. The lowest BCUT2D eigenvalue weighted by atomic mass is 10.0. The van der Waals surface area contributed by atoms with Gasteiger partial charge in [-0.3, -0.25) is 9.59 Å². The van der Waals surface area contributed by atoms with Crippen molar-refractivity contribution in [3.8, 4) is 11.3 Å². The lowest BCUT2D eigenvalue weighted by Crippen LogP contribution is -2.29. The molecule has 0 spiro atoms. The molecule has 2 amide bonds. The van der Waals surface area contributed by atoms with Crippen molar-refractivity contribution < 1.29 is 9.59 Å². The molecule has 138 valence electrons. The van der Waals surface area contributed by atoms with Crippen LogP contribution in [0.5, 0.6) is 0 Å². The molecular formula is C19H23N3O2S2. The van der Waals surface area contributed by atoms with Crippen LogP contribution >= 0.6 is 23.1 Å². The summed E-state index contributed by atoms with van der Waals surface area (Å²) in [7, 11) is 0. The first-order chi connectivity index (χ1) is 12.5. The first-order valence-corrected chi connectivity index (χ1v) is 10.7. The number of thioether (sulfide) groups is 1. The van der Waals surface area contributed by atoms with Gasteiger partial charge in [-0.1, -0.05) is 23.8 Å². The first kappa shape index (κ1) is 18.9. The topological polar surface area (TPSA) is 62.3 Å². The predicted octanol–water partition coefficient (Wildman–Crippen LogP) is 3.72. The van der Waals surface area contributed by atoms with E-state index in [1.165, 1.54) is 34.2 Å². The molecule has 2 heterocycles. The number of benzene rings is 1. The Hall–Kier alpha value is -1.86. The maximum absolute atomic E-state index is 12.1. The fourth-order valence-electron chi connectivity index (χ4n) is 3.00. The minimum atomic E-state index is -0.120. The van der Waals surface area contributed by atoms with Crippen molar-refractivity contribution in [1.29, 1.82) is 0 Å². The van der Waals surface area contributed by atoms with Crippen molar-refractivity contribution in [3.63, 3.8) is 0 Å². The van der Waals surface area contributed by atoms with Crippen molar-refractivity contribution in [3.05, 3.63) is 34.7 Å². The number of hydrogen-bond acceptors (Lipinski definition) is 5. The maximum Gasteiger partial charge on any atom is 0.236 e. The van der Waals surface area contributed by atoms with Gasteiger partial charge in [0.05, 0.1) is 17.2 Å². The third kappa shape index (κ3) is 4.86. The summed E-state index contributed by atoms with van der Waals surface area (Å²) in [5.41, 5.74) is 4.34. The average molecular weight is 390 g/mol. The Labute approximate surface area is 162 Å². The number of thiazole rings is 1. The largest absolute Gasteiger partial charge is 0.342 e. The molecule has 26 heavy (non-hydrogen) atoms. The van der Waals surface area contributed by atoms with Gasteiger partial charge in [0.1, 0.15) is 0 Å². The Kier molecular flexibility index (Phi) is 6.32. The van der Waals surface area contributed by atoms with Crippen LogP contribution in [0.25, 0.3) is 11.3 Å². The summed E-state index contributed by atoms with van der Waals surface area (Å²) in [4.78, 5) is 30.4. The van der Waals surface area contributed by atoms with Crippen LogP contribution in [0, 0.1) is 13.8 Å². The maximum atomic E-state index is 12.1. The third-order valence-electron chi connectivity index (χ3n) is 4.33. The van der Waals surface area contributed by atoms with E-state index in [2.05, 4.69) is 42.3 Å². The Bertz CT molecular complexity index is 798. The lowest BCUT2D eigenvalue weighted by molar-refractivity contribution is -0.127. The highest BCUT2D eigenvalue weighted by Crippen LogP contribution is 2.28. The zero-order chi connectivity index (χ0) is 18.5. The van der Waals surface area contributed by atoms with E-state index in [1.807, 2.05) is 10.3 Å². The average Bonchev–Trinajstić information content (AvgIpc) is 3.26. The summed E-state index contributed by atoms with van der Waals surface area (Å²) >= 11 is 2.77. The molecule has 5 nitrogen and oxygen atoms in total. The van der Waals surface area contributed by atoms with E-state index in [1.54, 1.807) is 0 Å². The molecule has 2 aromatic rings. The fourth-order valence-corrected chi connectivity index (χ4v) is 4.44. The van der Waals surface area contributed by atoms with Crippen LogP contribution in [-0.4, -0.2) is 46.3 Å². The molecule has 0 saturated carbocycles. The Morgan fingerprint density at radius 3 is 2.73 bits per heavy atom. The second-order valence-electron chi connectivity index (χ2n) is 6.49. The van der Waals surface area contributed by atoms with E-state index < -0.39 is 0 Å². The molecule has 0 radical (unpaired) electrons. The van der Waals surface area contributed by atoms with Gasteiger partial charge in [0.15, 0.2) is 5.13 Å². The number of anilines is 1. The van der Waals surface area contributed by atoms with Gasteiger partial charge in [-0.15, -0.1) is 23.1 Å². The standard InChI is InChI=1S/C19H23N3O2S2/c1-13-5-6-15(14(2)9-13)16-10-26-19(20-16)21-17(23)11-25-12-18(24)22-7-3-4-8-22/h5-6,9-10H,3-4,7-8,11-12H2,1-2H3,(H,20,21,23). The van der Waals surface area contributed by atoms with Crippen molar-refractivity contribution >= 4 is 40.0 Å². The van der Waals surface area contributed by atoms with Gasteiger partial charge in [0.25, 0.3) is 0 Å². The summed E-state index contributed by atoms with van der Waals surface area (Å²) in [5, 5.41) is 5.38. The summed E-state index contributed by atoms with van der Waals surface area (Å²) < 4.78 is 0. The molecule has 1 aromatic heterocycles. The summed E-state index contributed by atoms with van der Waals surface area (Å²) in [6.45, 7) is 5.83. The van der Waals surface area contributed by atoms with E-state index in [9.17, 15) is 9.59 Å². The molecule has 1 aromatic carbocycles. The second-order valence-corrected chi connectivity index (χ2v) is 8.33. The van der Waals surface area contributed by atoms with E-state index in [-0.39, 0.29) is 17.6 Å². The molecule has 0 aliphatic carbocycles. The van der Waals surface area contributed by atoms with E-state index in [4.69, 9.17) is 0 Å². The third-order valence-corrected chi connectivity index (χ3v) is 6.00. The van der Waals surface area contributed by atoms with E-state index in [0.717, 1.165) is 37.2 Å².